The largest absolute Gasteiger partial charge is 0.353 e. The predicted octanol–water partition coefficient (Wildman–Crippen LogP) is 1.90. The number of hydrogen-bond donors (Lipinski definition) is 1. The van der Waals surface area contributed by atoms with Gasteiger partial charge in [0.1, 0.15) is 12.4 Å². The highest BCUT2D eigenvalue weighted by Gasteiger charge is 2.17. The number of nitrogens with zero attached hydrogens (tertiary/aromatic N) is 3. The molecule has 0 bridgehead atoms. The number of aryl methyl sites for hydroxylation is 1. The summed E-state index contributed by atoms with van der Waals surface area (Å²) in [4.78, 5) is 26.8. The van der Waals surface area contributed by atoms with E-state index in [1.165, 1.54) is 21.3 Å². The molecule has 3 rings (SSSR count). The highest BCUT2D eigenvalue weighted by Crippen LogP contribution is 2.18. The maximum Gasteiger partial charge on any atom is 0.329 e. The number of halogens is 1. The first kappa shape index (κ1) is 18.8. The summed E-state index contributed by atoms with van der Waals surface area (Å²) < 4.78 is 16.5. The number of nitrogens with one attached hydrogen (secondary N) is 1. The van der Waals surface area contributed by atoms with Gasteiger partial charge < -0.3 is 10.2 Å². The lowest BCUT2D eigenvalue weighted by molar-refractivity contribution is -0.121. The lowest BCUT2D eigenvalue weighted by Gasteiger charge is -2.25. The second kappa shape index (κ2) is 7.75. The Morgan fingerprint density at radius 1 is 1.15 bits per heavy atom. The van der Waals surface area contributed by atoms with Crippen molar-refractivity contribution in [3.8, 4) is 0 Å². The molecule has 0 fully saturated rings. The number of fused-ring (bicyclic) bond motifs is 1. The summed E-state index contributed by atoms with van der Waals surface area (Å²) in [7, 11) is 5.43. The van der Waals surface area contributed by atoms with E-state index < -0.39 is 0 Å². The molecule has 0 unspecified atom stereocenters. The van der Waals surface area contributed by atoms with Gasteiger partial charge in [-0.3, -0.25) is 13.9 Å². The molecule has 0 aliphatic rings. The van der Waals surface area contributed by atoms with E-state index in [-0.39, 0.29) is 30.0 Å². The molecule has 142 valence electrons. The summed E-state index contributed by atoms with van der Waals surface area (Å²) in [5.41, 5.74) is 2.04. The van der Waals surface area contributed by atoms with Crippen LogP contribution in [-0.4, -0.2) is 40.6 Å². The van der Waals surface area contributed by atoms with E-state index in [9.17, 15) is 14.0 Å². The third kappa shape index (κ3) is 3.93. The van der Waals surface area contributed by atoms with Crippen molar-refractivity contribution in [2.75, 3.05) is 20.6 Å². The number of rotatable bonds is 6. The summed E-state index contributed by atoms with van der Waals surface area (Å²) in [5, 5.41) is 2.86. The lowest BCUT2D eigenvalue weighted by atomic mass is 10.1. The monoisotopic (exact) mass is 370 g/mol. The lowest BCUT2D eigenvalue weighted by Crippen LogP contribution is -2.38. The molecule has 27 heavy (non-hydrogen) atoms. The molecule has 1 N–H and O–H groups in total. The smallest absolute Gasteiger partial charge is 0.329 e. The number of likely N-dealkylation sites (N-methyl/N-ethyl adjacent to an activating group) is 1. The van der Waals surface area contributed by atoms with Gasteiger partial charge in [-0.15, -0.1) is 0 Å². The van der Waals surface area contributed by atoms with Crippen LogP contribution in [0.25, 0.3) is 11.0 Å². The SMILES string of the molecule is CN(C)[C@H](CNC(=O)Cn1c(=O)n(C)c2ccccc21)c1cccc(F)c1. The average Bonchev–Trinajstić information content (AvgIpc) is 2.87. The first-order valence-electron chi connectivity index (χ1n) is 8.71. The normalized spacial score (nSPS) is 12.5. The minimum Gasteiger partial charge on any atom is -0.353 e. The Labute approximate surface area is 156 Å². The standard InChI is InChI=1S/C20H23FN4O2/c1-23(2)18(14-7-6-8-15(21)11-14)12-22-19(26)13-25-17-10-5-4-9-16(17)24(3)20(25)27/h4-11,18H,12-13H2,1-3H3,(H,22,26)/t18-/m1/s1. The quantitative estimate of drug-likeness (QED) is 0.721. The average molecular weight is 370 g/mol. The number of para-hydroxylation sites is 2. The van der Waals surface area contributed by atoms with E-state index in [1.54, 1.807) is 13.1 Å². The number of amides is 1. The minimum absolute atomic E-state index is 0.0660. The molecule has 0 radical (unpaired) electrons. The second-order valence-corrected chi connectivity index (χ2v) is 6.75. The maximum absolute atomic E-state index is 13.5. The van der Waals surface area contributed by atoms with Gasteiger partial charge in [0.15, 0.2) is 0 Å². The van der Waals surface area contributed by atoms with Gasteiger partial charge in [-0.05, 0) is 43.9 Å². The molecule has 1 heterocycles. The van der Waals surface area contributed by atoms with Crippen molar-refractivity contribution in [2.45, 2.75) is 12.6 Å². The first-order chi connectivity index (χ1) is 12.9. The zero-order chi connectivity index (χ0) is 19.6. The minimum atomic E-state index is -0.312. The number of hydrogen-bond acceptors (Lipinski definition) is 3. The van der Waals surface area contributed by atoms with Crippen LogP contribution in [0.5, 0.6) is 0 Å². The fourth-order valence-corrected chi connectivity index (χ4v) is 3.24. The predicted molar refractivity (Wildman–Crippen MR) is 103 cm³/mol. The van der Waals surface area contributed by atoms with Crippen LogP contribution in [0.4, 0.5) is 4.39 Å². The molecule has 6 nitrogen and oxygen atoms in total. The van der Waals surface area contributed by atoms with Gasteiger partial charge in [0.25, 0.3) is 0 Å². The zero-order valence-electron chi connectivity index (χ0n) is 15.6. The van der Waals surface area contributed by atoms with Crippen molar-refractivity contribution in [3.05, 3.63) is 70.4 Å². The van der Waals surface area contributed by atoms with E-state index in [4.69, 9.17) is 0 Å². The fraction of sp³-hybridized carbons (Fsp3) is 0.300. The van der Waals surface area contributed by atoms with Gasteiger partial charge >= 0.3 is 5.69 Å². The molecule has 0 spiro atoms. The van der Waals surface area contributed by atoms with Gasteiger partial charge in [-0.1, -0.05) is 24.3 Å². The van der Waals surface area contributed by atoms with Crippen LogP contribution in [0, 0.1) is 5.82 Å². The molecule has 0 aliphatic heterocycles. The second-order valence-electron chi connectivity index (χ2n) is 6.75. The van der Waals surface area contributed by atoms with Crippen molar-refractivity contribution in [1.82, 2.24) is 19.4 Å². The summed E-state index contributed by atoms with van der Waals surface area (Å²) >= 11 is 0. The van der Waals surface area contributed by atoms with Gasteiger partial charge in [0.05, 0.1) is 17.1 Å². The molecule has 0 saturated carbocycles. The van der Waals surface area contributed by atoms with Crippen molar-refractivity contribution in [1.29, 1.82) is 0 Å². The zero-order valence-corrected chi connectivity index (χ0v) is 15.6. The Morgan fingerprint density at radius 3 is 2.52 bits per heavy atom. The number of imidazole rings is 1. The Kier molecular flexibility index (Phi) is 5.41. The van der Waals surface area contributed by atoms with Crippen LogP contribution in [0.1, 0.15) is 11.6 Å². The highest BCUT2D eigenvalue weighted by molar-refractivity contribution is 5.80. The third-order valence-electron chi connectivity index (χ3n) is 4.70. The van der Waals surface area contributed by atoms with Crippen LogP contribution in [0.3, 0.4) is 0 Å². The van der Waals surface area contributed by atoms with E-state index in [2.05, 4.69) is 5.32 Å². The van der Waals surface area contributed by atoms with Gasteiger partial charge in [0, 0.05) is 13.6 Å². The van der Waals surface area contributed by atoms with Crippen LogP contribution < -0.4 is 11.0 Å². The third-order valence-corrected chi connectivity index (χ3v) is 4.70. The molecule has 0 saturated heterocycles. The van der Waals surface area contributed by atoms with Gasteiger partial charge in [-0.25, -0.2) is 9.18 Å². The van der Waals surface area contributed by atoms with Crippen molar-refractivity contribution in [2.24, 2.45) is 7.05 Å². The van der Waals surface area contributed by atoms with Gasteiger partial charge in [0.2, 0.25) is 5.91 Å². The molecule has 1 atom stereocenters. The summed E-state index contributed by atoms with van der Waals surface area (Å²) in [6.07, 6.45) is 0. The molecule has 1 aromatic heterocycles. The summed E-state index contributed by atoms with van der Waals surface area (Å²) in [6.45, 7) is 0.248. The molecular formula is C20H23FN4O2. The van der Waals surface area contributed by atoms with Crippen molar-refractivity contribution in [3.63, 3.8) is 0 Å². The molecule has 1 amide bonds. The maximum atomic E-state index is 13.5. The molecular weight excluding hydrogens is 347 g/mol. The number of benzene rings is 2. The van der Waals surface area contributed by atoms with Crippen molar-refractivity contribution >= 4 is 16.9 Å². The number of aromatic nitrogens is 2. The van der Waals surface area contributed by atoms with E-state index >= 15 is 0 Å². The Hall–Kier alpha value is -2.93. The van der Waals surface area contributed by atoms with Crippen molar-refractivity contribution < 1.29 is 9.18 Å². The van der Waals surface area contributed by atoms with Crippen LogP contribution in [0.15, 0.2) is 53.3 Å². The Balaban J connectivity index is 1.74. The molecule has 0 aliphatic carbocycles. The summed E-state index contributed by atoms with van der Waals surface area (Å²) in [5.74, 6) is -0.579. The van der Waals surface area contributed by atoms with Gasteiger partial charge in [-0.2, -0.15) is 0 Å². The van der Waals surface area contributed by atoms with Crippen LogP contribution in [-0.2, 0) is 18.4 Å². The molecule has 3 aromatic rings. The summed E-state index contributed by atoms with van der Waals surface area (Å²) in [6, 6.07) is 13.5. The molecule has 7 heteroatoms. The topological polar surface area (TPSA) is 59.3 Å². The van der Waals surface area contributed by atoms with Crippen LogP contribution >= 0.6 is 0 Å². The number of carbonyl (C=O) groups excluding carboxylic acids is 1. The first-order valence-corrected chi connectivity index (χ1v) is 8.71. The highest BCUT2D eigenvalue weighted by atomic mass is 19.1. The van der Waals surface area contributed by atoms with E-state index in [1.807, 2.05) is 49.3 Å². The van der Waals surface area contributed by atoms with E-state index in [0.29, 0.717) is 6.54 Å². The van der Waals surface area contributed by atoms with E-state index in [0.717, 1.165) is 16.6 Å². The Bertz CT molecular complexity index is 1020. The molecule has 2 aromatic carbocycles. The number of carbonyl (C=O) groups is 1. The fourth-order valence-electron chi connectivity index (χ4n) is 3.24. The van der Waals surface area contributed by atoms with Crippen LogP contribution in [0.2, 0.25) is 0 Å². The Morgan fingerprint density at radius 2 is 1.85 bits per heavy atom.